The molecule has 0 fully saturated rings. The lowest BCUT2D eigenvalue weighted by atomic mass is 9.81. The Labute approximate surface area is 189 Å². The molecule has 1 atom stereocenters. The van der Waals surface area contributed by atoms with Gasteiger partial charge >= 0.3 is 0 Å². The van der Waals surface area contributed by atoms with Gasteiger partial charge in [-0.3, -0.25) is 9.78 Å². The summed E-state index contributed by atoms with van der Waals surface area (Å²) in [5.41, 5.74) is 8.45. The molecule has 4 aromatic rings. The van der Waals surface area contributed by atoms with E-state index in [1.54, 1.807) is 25.3 Å². The van der Waals surface area contributed by atoms with Gasteiger partial charge in [0, 0.05) is 24.8 Å². The SMILES string of the molecule is CC(C)Cc1nc(-c2nc(N)c3c(n2)NC(=O)C3(C)c2ccc(Cl)cn2)cn2ccnc12. The van der Waals surface area contributed by atoms with Crippen LogP contribution in [0.25, 0.3) is 17.2 Å². The van der Waals surface area contributed by atoms with Crippen molar-refractivity contribution < 1.29 is 4.79 Å². The molecule has 0 saturated carbocycles. The number of fused-ring (bicyclic) bond motifs is 2. The molecule has 5 rings (SSSR count). The molecule has 162 valence electrons. The summed E-state index contributed by atoms with van der Waals surface area (Å²) in [6.07, 6.45) is 7.65. The van der Waals surface area contributed by atoms with Crippen molar-refractivity contribution in [1.82, 2.24) is 29.3 Å². The molecule has 10 heteroatoms. The first kappa shape index (κ1) is 20.3. The zero-order valence-electron chi connectivity index (χ0n) is 17.8. The number of imidazole rings is 1. The third kappa shape index (κ3) is 3.08. The molecule has 3 N–H and O–H groups in total. The van der Waals surface area contributed by atoms with Gasteiger partial charge in [0.15, 0.2) is 11.5 Å². The molecular formula is C22H21ClN8O. The van der Waals surface area contributed by atoms with Crippen molar-refractivity contribution in [3.8, 4) is 11.5 Å². The van der Waals surface area contributed by atoms with E-state index in [1.807, 2.05) is 16.8 Å². The Morgan fingerprint density at radius 1 is 1.22 bits per heavy atom. The molecule has 0 aliphatic carbocycles. The van der Waals surface area contributed by atoms with Crippen LogP contribution in [-0.2, 0) is 16.6 Å². The van der Waals surface area contributed by atoms with E-state index in [-0.39, 0.29) is 11.7 Å². The van der Waals surface area contributed by atoms with Crippen molar-refractivity contribution in [1.29, 1.82) is 0 Å². The Morgan fingerprint density at radius 2 is 2.03 bits per heavy atom. The highest BCUT2D eigenvalue weighted by molar-refractivity contribution is 6.30. The zero-order valence-corrected chi connectivity index (χ0v) is 18.6. The van der Waals surface area contributed by atoms with Crippen molar-refractivity contribution in [3.63, 3.8) is 0 Å². The molecule has 32 heavy (non-hydrogen) atoms. The van der Waals surface area contributed by atoms with E-state index in [0.717, 1.165) is 17.8 Å². The summed E-state index contributed by atoms with van der Waals surface area (Å²) >= 11 is 5.97. The van der Waals surface area contributed by atoms with Gasteiger partial charge in [-0.15, -0.1) is 0 Å². The predicted molar refractivity (Wildman–Crippen MR) is 121 cm³/mol. The third-order valence-corrected chi connectivity index (χ3v) is 5.86. The fraction of sp³-hybridized carbons (Fsp3) is 0.273. The Balaban J connectivity index is 1.65. The molecular weight excluding hydrogens is 428 g/mol. The van der Waals surface area contributed by atoms with Crippen LogP contribution in [0.2, 0.25) is 5.02 Å². The van der Waals surface area contributed by atoms with E-state index in [4.69, 9.17) is 22.3 Å². The first-order valence-corrected chi connectivity index (χ1v) is 10.6. The van der Waals surface area contributed by atoms with Crippen molar-refractivity contribution >= 4 is 34.8 Å². The predicted octanol–water partition coefficient (Wildman–Crippen LogP) is 3.27. The van der Waals surface area contributed by atoms with Crippen LogP contribution < -0.4 is 11.1 Å². The fourth-order valence-corrected chi connectivity index (χ4v) is 4.18. The lowest BCUT2D eigenvalue weighted by Gasteiger charge is -2.22. The molecule has 1 amide bonds. The minimum absolute atomic E-state index is 0.195. The van der Waals surface area contributed by atoms with Crippen molar-refractivity contribution in [2.75, 3.05) is 11.1 Å². The number of anilines is 2. The van der Waals surface area contributed by atoms with Gasteiger partial charge in [0.05, 0.1) is 22.0 Å². The van der Waals surface area contributed by atoms with Crippen LogP contribution in [0.1, 0.15) is 37.7 Å². The number of nitrogen functional groups attached to an aromatic ring is 1. The van der Waals surface area contributed by atoms with Crippen LogP contribution in [0.15, 0.2) is 36.9 Å². The van der Waals surface area contributed by atoms with Crippen LogP contribution in [0.5, 0.6) is 0 Å². The van der Waals surface area contributed by atoms with E-state index in [1.165, 1.54) is 6.20 Å². The standard InChI is InChI=1S/C22H21ClN8O/c1-11(2)8-13-20-25-6-7-31(20)10-14(27-13)18-28-17(24)16-19(29-18)30-21(32)22(16,3)15-5-4-12(23)9-26-15/h4-7,9-11H,8H2,1-3H3,(H3,24,28,29,30,32). The summed E-state index contributed by atoms with van der Waals surface area (Å²) in [4.78, 5) is 35.7. The molecule has 1 aliphatic heterocycles. The number of amides is 1. The van der Waals surface area contributed by atoms with Gasteiger partial charge < -0.3 is 15.5 Å². The minimum atomic E-state index is -1.13. The number of hydrogen-bond donors (Lipinski definition) is 2. The second-order valence-corrected chi connectivity index (χ2v) is 8.86. The van der Waals surface area contributed by atoms with E-state index >= 15 is 0 Å². The third-order valence-electron chi connectivity index (χ3n) is 5.64. The summed E-state index contributed by atoms with van der Waals surface area (Å²) in [5.74, 6) is 1.00. The van der Waals surface area contributed by atoms with E-state index < -0.39 is 5.41 Å². The maximum absolute atomic E-state index is 13.0. The zero-order chi connectivity index (χ0) is 22.6. The van der Waals surface area contributed by atoms with Crippen LogP contribution in [0, 0.1) is 5.92 Å². The van der Waals surface area contributed by atoms with Gasteiger partial charge in [-0.2, -0.15) is 0 Å². The summed E-state index contributed by atoms with van der Waals surface area (Å²) in [6.45, 7) is 6.00. The van der Waals surface area contributed by atoms with Gasteiger partial charge in [-0.05, 0) is 31.4 Å². The highest BCUT2D eigenvalue weighted by atomic mass is 35.5. The largest absolute Gasteiger partial charge is 0.383 e. The lowest BCUT2D eigenvalue weighted by molar-refractivity contribution is -0.119. The van der Waals surface area contributed by atoms with Crippen LogP contribution >= 0.6 is 11.6 Å². The summed E-state index contributed by atoms with van der Waals surface area (Å²) in [5, 5.41) is 3.32. The Bertz CT molecular complexity index is 1360. The summed E-state index contributed by atoms with van der Waals surface area (Å²) < 4.78 is 1.90. The fourth-order valence-electron chi connectivity index (χ4n) is 4.07. The maximum atomic E-state index is 13.0. The molecule has 0 spiro atoms. The number of carbonyl (C=O) groups excluding carboxylic acids is 1. The molecule has 1 aliphatic rings. The number of nitrogens with two attached hydrogens (primary N) is 1. The van der Waals surface area contributed by atoms with Gasteiger partial charge in [-0.1, -0.05) is 25.4 Å². The Morgan fingerprint density at radius 3 is 2.75 bits per heavy atom. The second-order valence-electron chi connectivity index (χ2n) is 8.43. The molecule has 0 aromatic carbocycles. The number of hydrogen-bond acceptors (Lipinski definition) is 7. The highest BCUT2D eigenvalue weighted by Gasteiger charge is 2.48. The topological polar surface area (TPSA) is 124 Å². The molecule has 0 saturated heterocycles. The molecule has 4 aromatic heterocycles. The maximum Gasteiger partial charge on any atom is 0.242 e. The lowest BCUT2D eigenvalue weighted by Crippen LogP contribution is -2.33. The molecule has 0 radical (unpaired) electrons. The van der Waals surface area contributed by atoms with Gasteiger partial charge in [0.1, 0.15) is 22.7 Å². The number of nitrogens with zero attached hydrogens (tertiary/aromatic N) is 6. The van der Waals surface area contributed by atoms with E-state index in [2.05, 4.69) is 39.1 Å². The normalized spacial score (nSPS) is 17.7. The molecule has 0 bridgehead atoms. The molecule has 5 heterocycles. The molecule has 1 unspecified atom stereocenters. The number of pyridine rings is 1. The quantitative estimate of drug-likeness (QED) is 0.490. The monoisotopic (exact) mass is 448 g/mol. The van der Waals surface area contributed by atoms with Gasteiger partial charge in [0.2, 0.25) is 5.91 Å². The van der Waals surface area contributed by atoms with E-state index in [0.29, 0.717) is 39.5 Å². The Kier molecular flexibility index (Phi) is 4.59. The van der Waals surface area contributed by atoms with Crippen molar-refractivity contribution in [2.45, 2.75) is 32.6 Å². The van der Waals surface area contributed by atoms with Crippen LogP contribution in [0.4, 0.5) is 11.6 Å². The first-order valence-electron chi connectivity index (χ1n) is 10.2. The van der Waals surface area contributed by atoms with Gasteiger partial charge in [0.25, 0.3) is 0 Å². The van der Waals surface area contributed by atoms with Crippen LogP contribution in [-0.4, -0.2) is 35.2 Å². The minimum Gasteiger partial charge on any atom is -0.383 e. The van der Waals surface area contributed by atoms with Crippen molar-refractivity contribution in [2.24, 2.45) is 5.92 Å². The van der Waals surface area contributed by atoms with Crippen LogP contribution in [0.3, 0.4) is 0 Å². The first-order chi connectivity index (χ1) is 15.3. The number of halogens is 1. The number of nitrogens with one attached hydrogen (secondary N) is 1. The van der Waals surface area contributed by atoms with E-state index in [9.17, 15) is 4.79 Å². The van der Waals surface area contributed by atoms with Crippen molar-refractivity contribution in [3.05, 3.63) is 58.9 Å². The average Bonchev–Trinajstić information content (AvgIpc) is 3.31. The smallest absolute Gasteiger partial charge is 0.242 e. The highest BCUT2D eigenvalue weighted by Crippen LogP contribution is 2.44. The summed E-state index contributed by atoms with van der Waals surface area (Å²) in [6, 6.07) is 3.39. The number of rotatable bonds is 4. The summed E-state index contributed by atoms with van der Waals surface area (Å²) in [7, 11) is 0. The average molecular weight is 449 g/mol. The number of aromatic nitrogens is 6. The second kappa shape index (κ2) is 7.23. The Hall–Kier alpha value is -3.59. The van der Waals surface area contributed by atoms with Gasteiger partial charge in [-0.25, -0.2) is 19.9 Å². The number of carbonyl (C=O) groups is 1. The molecule has 9 nitrogen and oxygen atoms in total.